The number of hydrogen-bond acceptors (Lipinski definition) is 3. The van der Waals surface area contributed by atoms with Crippen LogP contribution in [0.3, 0.4) is 0 Å². The minimum atomic E-state index is -0.418. The first-order valence-corrected chi connectivity index (χ1v) is 10.3. The molecule has 2 aromatic rings. The van der Waals surface area contributed by atoms with Gasteiger partial charge in [0, 0.05) is 48.5 Å². The molecule has 1 saturated heterocycles. The van der Waals surface area contributed by atoms with Crippen molar-refractivity contribution in [1.29, 1.82) is 0 Å². The van der Waals surface area contributed by atoms with Crippen molar-refractivity contribution in [1.82, 2.24) is 4.90 Å². The zero-order chi connectivity index (χ0) is 21.0. The summed E-state index contributed by atoms with van der Waals surface area (Å²) in [4.78, 5) is 29.1. The molecule has 29 heavy (non-hydrogen) atoms. The molecule has 1 aliphatic heterocycles. The molecular weight excluding hydrogens is 362 g/mol. The van der Waals surface area contributed by atoms with Gasteiger partial charge < -0.3 is 15.1 Å². The maximum absolute atomic E-state index is 12.7. The van der Waals surface area contributed by atoms with Gasteiger partial charge in [0.05, 0.1) is 0 Å². The van der Waals surface area contributed by atoms with Gasteiger partial charge in [0.15, 0.2) is 0 Å². The number of piperazine rings is 1. The average molecular weight is 394 g/mol. The van der Waals surface area contributed by atoms with E-state index in [0.29, 0.717) is 13.1 Å². The maximum atomic E-state index is 12.7. The van der Waals surface area contributed by atoms with E-state index in [0.717, 1.165) is 36.4 Å². The number of benzene rings is 2. The lowest BCUT2D eigenvalue weighted by molar-refractivity contribution is -0.123. The summed E-state index contributed by atoms with van der Waals surface area (Å²) < 4.78 is 0. The fourth-order valence-corrected chi connectivity index (χ4v) is 3.31. The summed E-state index contributed by atoms with van der Waals surface area (Å²) in [5, 5.41) is 2.95. The standard InChI is InChI=1S/C24H31N3O2/c1-5-18-6-8-19(9-7-18)22(28)27-16-14-26(15-17-27)21-12-10-20(11-13-21)25-23(29)24(2,3)4/h6-13H,5,14-17H2,1-4H3,(H,25,29). The predicted octanol–water partition coefficient (Wildman–Crippen LogP) is 4.20. The van der Waals surface area contributed by atoms with Crippen LogP contribution < -0.4 is 10.2 Å². The number of carbonyl (C=O) groups is 2. The summed E-state index contributed by atoms with van der Waals surface area (Å²) in [6, 6.07) is 15.8. The number of hydrogen-bond donors (Lipinski definition) is 1. The first-order valence-electron chi connectivity index (χ1n) is 10.3. The molecule has 5 nitrogen and oxygen atoms in total. The van der Waals surface area contributed by atoms with Crippen molar-refractivity contribution < 1.29 is 9.59 Å². The number of anilines is 2. The largest absolute Gasteiger partial charge is 0.368 e. The van der Waals surface area contributed by atoms with Gasteiger partial charge >= 0.3 is 0 Å². The Kier molecular flexibility index (Phi) is 6.26. The second-order valence-electron chi connectivity index (χ2n) is 8.58. The summed E-state index contributed by atoms with van der Waals surface area (Å²) in [6.45, 7) is 10.8. The second-order valence-corrected chi connectivity index (χ2v) is 8.58. The zero-order valence-electron chi connectivity index (χ0n) is 17.9. The minimum absolute atomic E-state index is 0.00402. The molecule has 0 spiro atoms. The van der Waals surface area contributed by atoms with Gasteiger partial charge in [0.25, 0.3) is 5.91 Å². The normalized spacial score (nSPS) is 14.6. The Labute approximate surface area is 173 Å². The topological polar surface area (TPSA) is 52.7 Å². The molecular formula is C24H31N3O2. The van der Waals surface area contributed by atoms with Crippen molar-refractivity contribution >= 4 is 23.2 Å². The molecule has 0 saturated carbocycles. The number of nitrogens with one attached hydrogen (secondary N) is 1. The Morgan fingerprint density at radius 2 is 1.48 bits per heavy atom. The van der Waals surface area contributed by atoms with Crippen molar-refractivity contribution in [3.63, 3.8) is 0 Å². The van der Waals surface area contributed by atoms with Crippen LogP contribution in [-0.4, -0.2) is 42.9 Å². The van der Waals surface area contributed by atoms with Crippen molar-refractivity contribution in [3.05, 3.63) is 59.7 Å². The SMILES string of the molecule is CCc1ccc(C(=O)N2CCN(c3ccc(NC(=O)C(C)(C)C)cc3)CC2)cc1. The third kappa shape index (κ3) is 5.17. The number of rotatable bonds is 4. The van der Waals surface area contributed by atoms with Gasteiger partial charge in [-0.1, -0.05) is 39.8 Å². The predicted molar refractivity (Wildman–Crippen MR) is 118 cm³/mol. The molecule has 0 bridgehead atoms. The van der Waals surface area contributed by atoms with Crippen molar-refractivity contribution in [3.8, 4) is 0 Å². The summed E-state index contributed by atoms with van der Waals surface area (Å²) >= 11 is 0. The summed E-state index contributed by atoms with van der Waals surface area (Å²) in [6.07, 6.45) is 0.978. The highest BCUT2D eigenvalue weighted by Crippen LogP contribution is 2.22. The monoisotopic (exact) mass is 393 g/mol. The van der Waals surface area contributed by atoms with E-state index in [9.17, 15) is 9.59 Å². The molecule has 0 aliphatic carbocycles. The molecule has 0 aromatic heterocycles. The molecule has 5 heteroatoms. The smallest absolute Gasteiger partial charge is 0.253 e. The van der Waals surface area contributed by atoms with Crippen LogP contribution in [0.15, 0.2) is 48.5 Å². The summed E-state index contributed by atoms with van der Waals surface area (Å²) in [7, 11) is 0. The van der Waals surface area contributed by atoms with Crippen LogP contribution in [0, 0.1) is 5.41 Å². The van der Waals surface area contributed by atoms with Crippen LogP contribution in [-0.2, 0) is 11.2 Å². The van der Waals surface area contributed by atoms with E-state index in [1.54, 1.807) is 0 Å². The van der Waals surface area contributed by atoms with E-state index in [4.69, 9.17) is 0 Å². The lowest BCUT2D eigenvalue weighted by Crippen LogP contribution is -2.48. The first-order chi connectivity index (χ1) is 13.8. The van der Waals surface area contributed by atoms with Gasteiger partial charge in [-0.25, -0.2) is 0 Å². The number of amides is 2. The van der Waals surface area contributed by atoms with Crippen molar-refractivity contribution in [2.45, 2.75) is 34.1 Å². The fourth-order valence-electron chi connectivity index (χ4n) is 3.31. The molecule has 2 aromatic carbocycles. The van der Waals surface area contributed by atoms with Gasteiger partial charge in [-0.05, 0) is 48.4 Å². The Hall–Kier alpha value is -2.82. The maximum Gasteiger partial charge on any atom is 0.253 e. The molecule has 1 N–H and O–H groups in total. The van der Waals surface area contributed by atoms with Gasteiger partial charge in [-0.3, -0.25) is 9.59 Å². The molecule has 0 atom stereocenters. The Morgan fingerprint density at radius 3 is 2.00 bits per heavy atom. The van der Waals surface area contributed by atoms with Gasteiger partial charge in [0.1, 0.15) is 0 Å². The van der Waals surface area contributed by atoms with Crippen molar-refractivity contribution in [2.24, 2.45) is 5.41 Å². The van der Waals surface area contributed by atoms with Crippen molar-refractivity contribution in [2.75, 3.05) is 36.4 Å². The lowest BCUT2D eigenvalue weighted by Gasteiger charge is -2.36. The van der Waals surface area contributed by atoms with Gasteiger partial charge in [0.2, 0.25) is 5.91 Å². The highest BCUT2D eigenvalue weighted by atomic mass is 16.2. The van der Waals surface area contributed by atoms with E-state index in [1.165, 1.54) is 5.56 Å². The molecule has 0 unspecified atom stereocenters. The van der Waals surface area contributed by atoms with Crippen LogP contribution in [0.5, 0.6) is 0 Å². The molecule has 1 fully saturated rings. The quantitative estimate of drug-likeness (QED) is 0.847. The van der Waals surface area contributed by atoms with E-state index >= 15 is 0 Å². The second kappa shape index (κ2) is 8.68. The van der Waals surface area contributed by atoms with Crippen LogP contribution >= 0.6 is 0 Å². The Balaban J connectivity index is 1.56. The van der Waals surface area contributed by atoms with Gasteiger partial charge in [-0.15, -0.1) is 0 Å². The molecule has 3 rings (SSSR count). The summed E-state index contributed by atoms with van der Waals surface area (Å²) in [5.74, 6) is 0.108. The molecule has 2 amide bonds. The zero-order valence-corrected chi connectivity index (χ0v) is 17.9. The Morgan fingerprint density at radius 1 is 0.897 bits per heavy atom. The highest BCUT2D eigenvalue weighted by Gasteiger charge is 2.23. The fraction of sp³-hybridized carbons (Fsp3) is 0.417. The average Bonchev–Trinajstić information content (AvgIpc) is 2.73. The van der Waals surface area contributed by atoms with E-state index in [1.807, 2.05) is 74.2 Å². The molecule has 1 heterocycles. The Bertz CT molecular complexity index is 843. The highest BCUT2D eigenvalue weighted by molar-refractivity contribution is 5.95. The third-order valence-corrected chi connectivity index (χ3v) is 5.35. The molecule has 1 aliphatic rings. The van der Waals surface area contributed by atoms with Gasteiger partial charge in [-0.2, -0.15) is 0 Å². The summed E-state index contributed by atoms with van der Waals surface area (Å²) in [5.41, 5.74) is 3.50. The van der Waals surface area contributed by atoms with E-state index in [-0.39, 0.29) is 11.8 Å². The van der Waals surface area contributed by atoms with E-state index in [2.05, 4.69) is 17.1 Å². The number of carbonyl (C=O) groups excluding carboxylic acids is 2. The third-order valence-electron chi connectivity index (χ3n) is 5.35. The van der Waals surface area contributed by atoms with E-state index < -0.39 is 5.41 Å². The first kappa shape index (κ1) is 20.9. The molecule has 0 radical (unpaired) electrons. The number of aryl methyl sites for hydroxylation is 1. The van der Waals surface area contributed by atoms with Crippen LogP contribution in [0.2, 0.25) is 0 Å². The van der Waals surface area contributed by atoms with Crippen LogP contribution in [0.25, 0.3) is 0 Å². The van der Waals surface area contributed by atoms with Crippen LogP contribution in [0.4, 0.5) is 11.4 Å². The van der Waals surface area contributed by atoms with Crippen LogP contribution in [0.1, 0.15) is 43.6 Å². The number of nitrogens with zero attached hydrogens (tertiary/aromatic N) is 2. The molecule has 154 valence electrons. The minimum Gasteiger partial charge on any atom is -0.368 e. The lowest BCUT2D eigenvalue weighted by atomic mass is 9.95.